The predicted octanol–water partition coefficient (Wildman–Crippen LogP) is 2.71. The van der Waals surface area contributed by atoms with E-state index in [1.54, 1.807) is 0 Å². The first kappa shape index (κ1) is 14.4. The minimum Gasteiger partial charge on any atom is -0.447 e. The smallest absolute Gasteiger partial charge is 0.410 e. The monoisotopic (exact) mass is 288 g/mol. The van der Waals surface area contributed by atoms with Crippen LogP contribution in [0.3, 0.4) is 0 Å². The van der Waals surface area contributed by atoms with Crippen LogP contribution in [0, 0.1) is 12.8 Å². The van der Waals surface area contributed by atoms with Crippen LogP contribution in [0.5, 0.6) is 0 Å². The normalized spacial score (nSPS) is 29.5. The van der Waals surface area contributed by atoms with E-state index in [4.69, 9.17) is 4.74 Å². The molecule has 114 valence electrons. The molecule has 1 aromatic carbocycles. The summed E-state index contributed by atoms with van der Waals surface area (Å²) in [4.78, 5) is 14.1. The van der Waals surface area contributed by atoms with Gasteiger partial charge >= 0.3 is 6.09 Å². The number of ether oxygens (including phenoxy) is 1. The average Bonchev–Trinajstić information content (AvgIpc) is 2.78. The molecule has 2 unspecified atom stereocenters. The molecule has 0 radical (unpaired) electrons. The fraction of sp³-hybridized carbons (Fsp3) is 0.588. The van der Waals surface area contributed by atoms with Gasteiger partial charge in [-0.25, -0.2) is 4.79 Å². The summed E-state index contributed by atoms with van der Waals surface area (Å²) in [7, 11) is 0. The second-order valence-electron chi connectivity index (χ2n) is 6.53. The highest BCUT2D eigenvalue weighted by molar-refractivity contribution is 5.71. The average molecular weight is 288 g/mol. The molecule has 2 aliphatic rings. The number of piperidine rings is 1. The Labute approximate surface area is 126 Å². The summed E-state index contributed by atoms with van der Waals surface area (Å²) in [5, 5.41) is 3.45. The van der Waals surface area contributed by atoms with Crippen LogP contribution >= 0.6 is 0 Å². The third-order valence-electron chi connectivity index (χ3n) is 4.92. The van der Waals surface area contributed by atoms with E-state index in [9.17, 15) is 4.79 Å². The van der Waals surface area contributed by atoms with Crippen molar-refractivity contribution in [1.82, 2.24) is 10.2 Å². The lowest BCUT2D eigenvalue weighted by Gasteiger charge is -2.41. The summed E-state index contributed by atoms with van der Waals surface area (Å²) in [5.74, 6) is 0.461. The highest BCUT2D eigenvalue weighted by Gasteiger charge is 2.48. The zero-order valence-electron chi connectivity index (χ0n) is 12.9. The van der Waals surface area contributed by atoms with Crippen molar-refractivity contribution in [2.45, 2.75) is 38.8 Å². The molecule has 0 aromatic heterocycles. The molecule has 4 heteroatoms. The van der Waals surface area contributed by atoms with Gasteiger partial charge in [-0.2, -0.15) is 0 Å². The Morgan fingerprint density at radius 2 is 2.33 bits per heavy atom. The van der Waals surface area contributed by atoms with Crippen molar-refractivity contribution in [3.63, 3.8) is 0 Å². The summed E-state index contributed by atoms with van der Waals surface area (Å²) >= 11 is 0. The molecule has 0 aliphatic carbocycles. The minimum absolute atomic E-state index is 0.176. The van der Waals surface area contributed by atoms with Crippen molar-refractivity contribution < 1.29 is 9.53 Å². The number of nitrogens with one attached hydrogen (secondary N) is 1. The second-order valence-corrected chi connectivity index (χ2v) is 6.53. The molecule has 1 N–H and O–H groups in total. The number of benzene rings is 1. The Morgan fingerprint density at radius 1 is 1.48 bits per heavy atom. The number of hydrogen-bond acceptors (Lipinski definition) is 3. The van der Waals surface area contributed by atoms with Crippen molar-refractivity contribution in [3.05, 3.63) is 35.4 Å². The molecule has 2 fully saturated rings. The van der Waals surface area contributed by atoms with E-state index in [1.165, 1.54) is 17.5 Å². The molecule has 1 amide bonds. The second kappa shape index (κ2) is 5.68. The number of nitrogens with zero attached hydrogens (tertiary/aromatic N) is 1. The maximum atomic E-state index is 12.2. The van der Waals surface area contributed by atoms with Crippen molar-refractivity contribution in [2.24, 2.45) is 5.92 Å². The molecule has 2 aliphatic heterocycles. The van der Waals surface area contributed by atoms with Gasteiger partial charge in [-0.15, -0.1) is 0 Å². The zero-order chi connectivity index (χ0) is 14.9. The van der Waals surface area contributed by atoms with Gasteiger partial charge in [0.1, 0.15) is 6.61 Å². The van der Waals surface area contributed by atoms with Crippen LogP contribution in [-0.4, -0.2) is 36.2 Å². The Hall–Kier alpha value is -1.55. The van der Waals surface area contributed by atoms with Crippen LogP contribution in [0.1, 0.15) is 30.9 Å². The largest absolute Gasteiger partial charge is 0.447 e. The SMILES string of the molecule is Cc1cccc(CN2C(=O)OCC2(C)C2CCCNC2)c1. The van der Waals surface area contributed by atoms with Crippen LogP contribution in [0.15, 0.2) is 24.3 Å². The number of rotatable bonds is 3. The van der Waals surface area contributed by atoms with Gasteiger partial charge in [0.05, 0.1) is 5.54 Å². The lowest BCUT2D eigenvalue weighted by atomic mass is 9.80. The number of hydrogen-bond donors (Lipinski definition) is 1. The summed E-state index contributed by atoms with van der Waals surface area (Å²) < 4.78 is 5.40. The summed E-state index contributed by atoms with van der Waals surface area (Å²) in [5.41, 5.74) is 2.19. The molecular formula is C17H24N2O2. The maximum Gasteiger partial charge on any atom is 0.410 e. The molecule has 0 spiro atoms. The van der Waals surface area contributed by atoms with E-state index in [-0.39, 0.29) is 11.6 Å². The molecule has 2 saturated heterocycles. The van der Waals surface area contributed by atoms with Crippen molar-refractivity contribution in [1.29, 1.82) is 0 Å². The Balaban J connectivity index is 1.81. The fourth-order valence-corrected chi connectivity index (χ4v) is 3.53. The van der Waals surface area contributed by atoms with Gasteiger partial charge in [0, 0.05) is 13.1 Å². The number of cyclic esters (lactones) is 1. The van der Waals surface area contributed by atoms with Crippen LogP contribution < -0.4 is 5.32 Å². The third kappa shape index (κ3) is 2.77. The summed E-state index contributed by atoms with van der Waals surface area (Å²) in [6, 6.07) is 8.35. The quantitative estimate of drug-likeness (QED) is 0.930. The van der Waals surface area contributed by atoms with Crippen molar-refractivity contribution in [2.75, 3.05) is 19.7 Å². The topological polar surface area (TPSA) is 41.6 Å². The Kier molecular flexibility index (Phi) is 3.89. The maximum absolute atomic E-state index is 12.2. The summed E-state index contributed by atoms with van der Waals surface area (Å²) in [6.07, 6.45) is 2.15. The molecule has 3 rings (SSSR count). The van der Waals surface area contributed by atoms with E-state index in [0.29, 0.717) is 19.1 Å². The van der Waals surface area contributed by atoms with Crippen LogP contribution in [0.4, 0.5) is 4.79 Å². The number of carbonyl (C=O) groups excluding carboxylic acids is 1. The zero-order valence-corrected chi connectivity index (χ0v) is 12.9. The standard InChI is InChI=1S/C17H24N2O2/c1-13-5-3-6-14(9-13)11-19-16(20)21-12-17(19,2)15-7-4-8-18-10-15/h3,5-6,9,15,18H,4,7-8,10-12H2,1-2H3. The van der Waals surface area contributed by atoms with Crippen LogP contribution in [-0.2, 0) is 11.3 Å². The first-order valence-electron chi connectivity index (χ1n) is 7.80. The molecule has 21 heavy (non-hydrogen) atoms. The van der Waals surface area contributed by atoms with Gasteiger partial charge in [0.2, 0.25) is 0 Å². The third-order valence-corrected chi connectivity index (χ3v) is 4.92. The molecule has 4 nitrogen and oxygen atoms in total. The lowest BCUT2D eigenvalue weighted by molar-refractivity contribution is 0.0922. The van der Waals surface area contributed by atoms with E-state index in [1.807, 2.05) is 11.0 Å². The Morgan fingerprint density at radius 3 is 3.05 bits per heavy atom. The van der Waals surface area contributed by atoms with Crippen LogP contribution in [0.25, 0.3) is 0 Å². The van der Waals surface area contributed by atoms with E-state index >= 15 is 0 Å². The number of aryl methyl sites for hydroxylation is 1. The molecule has 0 bridgehead atoms. The summed E-state index contributed by atoms with van der Waals surface area (Å²) in [6.45, 7) is 7.44. The molecule has 2 atom stereocenters. The first-order valence-corrected chi connectivity index (χ1v) is 7.80. The molecule has 1 aromatic rings. The lowest BCUT2D eigenvalue weighted by Crippen LogP contribution is -2.54. The van der Waals surface area contributed by atoms with Gasteiger partial charge in [0.25, 0.3) is 0 Å². The van der Waals surface area contributed by atoms with Gasteiger partial charge in [-0.3, -0.25) is 4.90 Å². The van der Waals surface area contributed by atoms with E-state index < -0.39 is 0 Å². The first-order chi connectivity index (χ1) is 10.1. The molecular weight excluding hydrogens is 264 g/mol. The van der Waals surface area contributed by atoms with Crippen molar-refractivity contribution >= 4 is 6.09 Å². The molecule has 0 saturated carbocycles. The number of carbonyl (C=O) groups is 1. The van der Waals surface area contributed by atoms with Crippen molar-refractivity contribution in [3.8, 4) is 0 Å². The van der Waals surface area contributed by atoms with Gasteiger partial charge < -0.3 is 10.1 Å². The minimum atomic E-state index is -0.200. The van der Waals surface area contributed by atoms with E-state index in [2.05, 4.69) is 37.4 Å². The van der Waals surface area contributed by atoms with Gasteiger partial charge in [-0.05, 0) is 44.7 Å². The van der Waals surface area contributed by atoms with Gasteiger partial charge in [0.15, 0.2) is 0 Å². The number of amides is 1. The Bertz CT molecular complexity index is 525. The molecule has 2 heterocycles. The highest BCUT2D eigenvalue weighted by Crippen LogP contribution is 2.36. The highest BCUT2D eigenvalue weighted by atomic mass is 16.6. The van der Waals surface area contributed by atoms with E-state index in [0.717, 1.165) is 19.5 Å². The van der Waals surface area contributed by atoms with Gasteiger partial charge in [-0.1, -0.05) is 29.8 Å². The predicted molar refractivity (Wildman–Crippen MR) is 82.1 cm³/mol. The fourth-order valence-electron chi connectivity index (χ4n) is 3.53. The van der Waals surface area contributed by atoms with Crippen LogP contribution in [0.2, 0.25) is 0 Å².